The van der Waals surface area contributed by atoms with Gasteiger partial charge in [-0.05, 0) is 53.7 Å². The molecule has 1 aliphatic heterocycles. The van der Waals surface area contributed by atoms with E-state index in [2.05, 4.69) is 46.2 Å². The molecule has 0 spiro atoms. The number of carbonyl (C=O) groups excluding carboxylic acids is 1. The Morgan fingerprint density at radius 2 is 2.00 bits per heavy atom. The summed E-state index contributed by atoms with van der Waals surface area (Å²) in [4.78, 5) is 16.1. The number of nitrogens with zero attached hydrogens (tertiary/aromatic N) is 2. The molecular weight excluding hydrogens is 212 g/mol. The van der Waals surface area contributed by atoms with Crippen LogP contribution < -0.4 is 0 Å². The predicted molar refractivity (Wildman–Crippen MR) is 71.9 cm³/mol. The van der Waals surface area contributed by atoms with Crippen LogP contribution in [0.1, 0.15) is 40.5 Å². The van der Waals surface area contributed by atoms with Gasteiger partial charge >= 0.3 is 0 Å². The Kier molecular flexibility index (Phi) is 4.36. The summed E-state index contributed by atoms with van der Waals surface area (Å²) in [7, 11) is 2.15. The Labute approximate surface area is 105 Å². The van der Waals surface area contributed by atoms with Gasteiger partial charge in [0.1, 0.15) is 0 Å². The molecule has 1 saturated heterocycles. The van der Waals surface area contributed by atoms with Crippen molar-refractivity contribution in [3.05, 3.63) is 12.7 Å². The molecule has 98 valence electrons. The minimum absolute atomic E-state index is 0.0597. The molecule has 2 atom stereocenters. The van der Waals surface area contributed by atoms with Gasteiger partial charge in [0.2, 0.25) is 5.91 Å². The molecule has 17 heavy (non-hydrogen) atoms. The molecule has 0 N–H and O–H groups in total. The van der Waals surface area contributed by atoms with E-state index in [9.17, 15) is 4.79 Å². The summed E-state index contributed by atoms with van der Waals surface area (Å²) in [5.41, 5.74) is 0.147. The summed E-state index contributed by atoms with van der Waals surface area (Å²) in [6, 6.07) is 0.792. The van der Waals surface area contributed by atoms with Crippen molar-refractivity contribution < 1.29 is 4.79 Å². The lowest BCUT2D eigenvalue weighted by Crippen LogP contribution is -2.55. The SMILES string of the molecule is C=CC(=O)N1CC(N(C)C(C)(C)C)CCC1C. The molecule has 2 unspecified atom stereocenters. The maximum Gasteiger partial charge on any atom is 0.246 e. The average Bonchev–Trinajstić information content (AvgIpc) is 2.26. The highest BCUT2D eigenvalue weighted by Gasteiger charge is 2.33. The largest absolute Gasteiger partial charge is 0.335 e. The van der Waals surface area contributed by atoms with Gasteiger partial charge in [-0.15, -0.1) is 0 Å². The van der Waals surface area contributed by atoms with Gasteiger partial charge in [0.05, 0.1) is 0 Å². The van der Waals surface area contributed by atoms with E-state index in [-0.39, 0.29) is 11.4 Å². The predicted octanol–water partition coefficient (Wildman–Crippen LogP) is 2.28. The van der Waals surface area contributed by atoms with Gasteiger partial charge in [-0.1, -0.05) is 6.58 Å². The van der Waals surface area contributed by atoms with Crippen molar-refractivity contribution >= 4 is 5.91 Å². The van der Waals surface area contributed by atoms with E-state index in [0.717, 1.165) is 19.4 Å². The van der Waals surface area contributed by atoms with E-state index in [4.69, 9.17) is 0 Å². The van der Waals surface area contributed by atoms with Gasteiger partial charge < -0.3 is 4.90 Å². The second kappa shape index (κ2) is 5.21. The molecule has 0 saturated carbocycles. The molecule has 3 heteroatoms. The van der Waals surface area contributed by atoms with Crippen LogP contribution in [0.25, 0.3) is 0 Å². The highest BCUT2D eigenvalue weighted by Crippen LogP contribution is 2.25. The summed E-state index contributed by atoms with van der Waals surface area (Å²) in [6.45, 7) is 13.2. The highest BCUT2D eigenvalue weighted by atomic mass is 16.2. The van der Waals surface area contributed by atoms with Crippen LogP contribution in [-0.4, -0.2) is 46.9 Å². The van der Waals surface area contributed by atoms with Crippen LogP contribution in [0, 0.1) is 0 Å². The molecule has 1 aliphatic rings. The fourth-order valence-corrected chi connectivity index (χ4v) is 2.38. The van der Waals surface area contributed by atoms with Crippen molar-refractivity contribution in [3.8, 4) is 0 Å². The van der Waals surface area contributed by atoms with Crippen molar-refractivity contribution in [3.63, 3.8) is 0 Å². The lowest BCUT2D eigenvalue weighted by molar-refractivity contribution is -0.131. The Morgan fingerprint density at radius 3 is 2.47 bits per heavy atom. The zero-order valence-corrected chi connectivity index (χ0v) is 11.9. The van der Waals surface area contributed by atoms with Crippen LogP contribution in [0.2, 0.25) is 0 Å². The molecule has 1 fully saturated rings. The molecule has 0 radical (unpaired) electrons. The van der Waals surface area contributed by atoms with Crippen LogP contribution in [-0.2, 0) is 4.79 Å². The Morgan fingerprint density at radius 1 is 1.41 bits per heavy atom. The van der Waals surface area contributed by atoms with Crippen LogP contribution >= 0.6 is 0 Å². The zero-order chi connectivity index (χ0) is 13.2. The molecule has 0 aromatic heterocycles. The number of hydrogen-bond donors (Lipinski definition) is 0. The quantitative estimate of drug-likeness (QED) is 0.689. The monoisotopic (exact) mass is 238 g/mol. The Bertz CT molecular complexity index is 293. The van der Waals surface area contributed by atoms with Gasteiger partial charge in [0, 0.05) is 24.2 Å². The van der Waals surface area contributed by atoms with Crippen molar-refractivity contribution in [2.24, 2.45) is 0 Å². The Balaban J connectivity index is 2.73. The molecule has 1 heterocycles. The van der Waals surface area contributed by atoms with Gasteiger partial charge in [-0.3, -0.25) is 9.69 Å². The van der Waals surface area contributed by atoms with Crippen LogP contribution in [0.15, 0.2) is 12.7 Å². The van der Waals surface area contributed by atoms with Gasteiger partial charge in [0.15, 0.2) is 0 Å². The fraction of sp³-hybridized carbons (Fsp3) is 0.786. The molecule has 0 aromatic rings. The second-order valence-corrected chi connectivity index (χ2v) is 6.06. The topological polar surface area (TPSA) is 23.6 Å². The number of hydrogen-bond acceptors (Lipinski definition) is 2. The van der Waals surface area contributed by atoms with E-state index in [1.165, 1.54) is 6.08 Å². The minimum Gasteiger partial charge on any atom is -0.335 e. The van der Waals surface area contributed by atoms with Crippen molar-refractivity contribution in [2.45, 2.75) is 58.2 Å². The standard InChI is InChI=1S/C14H26N2O/c1-7-13(17)16-10-12(9-8-11(16)2)15(6)14(3,4)5/h7,11-12H,1,8-10H2,2-6H3. The number of rotatable bonds is 2. The van der Waals surface area contributed by atoms with Gasteiger partial charge in [0.25, 0.3) is 0 Å². The molecule has 0 bridgehead atoms. The lowest BCUT2D eigenvalue weighted by Gasteiger charge is -2.45. The first-order valence-electron chi connectivity index (χ1n) is 6.43. The lowest BCUT2D eigenvalue weighted by atomic mass is 9.94. The first-order valence-corrected chi connectivity index (χ1v) is 6.43. The first-order chi connectivity index (χ1) is 7.77. The van der Waals surface area contributed by atoms with E-state index in [1.54, 1.807) is 0 Å². The smallest absolute Gasteiger partial charge is 0.246 e. The molecular formula is C14H26N2O. The number of likely N-dealkylation sites (tertiary alicyclic amines) is 1. The van der Waals surface area contributed by atoms with Crippen LogP contribution in [0.5, 0.6) is 0 Å². The fourth-order valence-electron chi connectivity index (χ4n) is 2.38. The maximum atomic E-state index is 11.8. The summed E-state index contributed by atoms with van der Waals surface area (Å²) >= 11 is 0. The van der Waals surface area contributed by atoms with Crippen LogP contribution in [0.3, 0.4) is 0 Å². The Hall–Kier alpha value is -0.830. The van der Waals surface area contributed by atoms with Gasteiger partial charge in [-0.25, -0.2) is 0 Å². The third-order valence-corrected chi connectivity index (χ3v) is 3.92. The van der Waals surface area contributed by atoms with Crippen molar-refractivity contribution in [2.75, 3.05) is 13.6 Å². The number of likely N-dealkylation sites (N-methyl/N-ethyl adjacent to an activating group) is 1. The van der Waals surface area contributed by atoms with Crippen molar-refractivity contribution in [1.82, 2.24) is 9.80 Å². The summed E-state index contributed by atoms with van der Waals surface area (Å²) in [5.74, 6) is 0.0597. The molecule has 0 aliphatic carbocycles. The number of piperidine rings is 1. The third-order valence-electron chi connectivity index (χ3n) is 3.92. The molecule has 1 amide bonds. The highest BCUT2D eigenvalue weighted by molar-refractivity contribution is 5.87. The van der Waals surface area contributed by atoms with E-state index < -0.39 is 0 Å². The number of amides is 1. The summed E-state index contributed by atoms with van der Waals surface area (Å²) in [5, 5.41) is 0. The number of carbonyl (C=O) groups is 1. The first kappa shape index (κ1) is 14.2. The van der Waals surface area contributed by atoms with Crippen LogP contribution in [0.4, 0.5) is 0 Å². The maximum absolute atomic E-state index is 11.8. The van der Waals surface area contributed by atoms with E-state index in [1.807, 2.05) is 4.90 Å². The zero-order valence-electron chi connectivity index (χ0n) is 11.9. The molecule has 0 aromatic carbocycles. The molecule has 3 nitrogen and oxygen atoms in total. The summed E-state index contributed by atoms with van der Waals surface area (Å²) < 4.78 is 0. The van der Waals surface area contributed by atoms with E-state index in [0.29, 0.717) is 12.1 Å². The molecule has 1 rings (SSSR count). The van der Waals surface area contributed by atoms with Crippen molar-refractivity contribution in [1.29, 1.82) is 0 Å². The summed E-state index contributed by atoms with van der Waals surface area (Å²) in [6.07, 6.45) is 3.66. The normalized spacial score (nSPS) is 26.1. The van der Waals surface area contributed by atoms with Gasteiger partial charge in [-0.2, -0.15) is 0 Å². The minimum atomic E-state index is 0.0597. The second-order valence-electron chi connectivity index (χ2n) is 6.06. The third kappa shape index (κ3) is 3.32. The van der Waals surface area contributed by atoms with E-state index >= 15 is 0 Å². The average molecular weight is 238 g/mol.